The van der Waals surface area contributed by atoms with Crippen LogP contribution in [0.2, 0.25) is 0 Å². The molecular weight excluding hydrogens is 198 g/mol. The monoisotopic (exact) mass is 213 g/mol. The molecule has 4 heteroatoms. The first-order chi connectivity index (χ1) is 6.50. The fourth-order valence-corrected chi connectivity index (χ4v) is 2.50. The lowest BCUT2D eigenvalue weighted by atomic mass is 10.0. The summed E-state index contributed by atoms with van der Waals surface area (Å²) in [5, 5.41) is 5.13. The zero-order valence-electron chi connectivity index (χ0n) is 8.45. The zero-order valence-corrected chi connectivity index (χ0v) is 9.26. The summed E-state index contributed by atoms with van der Waals surface area (Å²) in [4.78, 5) is 0.263. The molecule has 78 valence electrons. The summed E-state index contributed by atoms with van der Waals surface area (Å²) in [6, 6.07) is 5.23. The summed E-state index contributed by atoms with van der Waals surface area (Å²) in [5.74, 6) is 0. The topological polar surface area (TPSA) is 60.2 Å². The van der Waals surface area contributed by atoms with Gasteiger partial charge in [-0.15, -0.1) is 0 Å². The number of benzene rings is 1. The largest absolute Gasteiger partial charge is 0.238 e. The van der Waals surface area contributed by atoms with E-state index in [0.717, 1.165) is 17.5 Å². The molecule has 1 rings (SSSR count). The first-order valence-electron chi connectivity index (χ1n) is 4.64. The standard InChI is InChI=1S/C10H15NO2S/c1-3-8-6-5-7-10(9(8)4-2)14(11,12)13/h5-7H,3-4H2,1-2H3,(H2,11,12,13). The number of primary sulfonamides is 1. The first kappa shape index (κ1) is 11.2. The molecule has 0 spiro atoms. The van der Waals surface area contributed by atoms with Crippen LogP contribution in [-0.2, 0) is 22.9 Å². The Kier molecular flexibility index (Phi) is 3.29. The lowest BCUT2D eigenvalue weighted by molar-refractivity contribution is 0.596. The normalized spacial score (nSPS) is 11.6. The minimum absolute atomic E-state index is 0.263. The van der Waals surface area contributed by atoms with Gasteiger partial charge in [0, 0.05) is 0 Å². The second-order valence-corrected chi connectivity index (χ2v) is 4.68. The van der Waals surface area contributed by atoms with Gasteiger partial charge in [0.1, 0.15) is 0 Å². The predicted molar refractivity (Wildman–Crippen MR) is 56.6 cm³/mol. The molecule has 0 aliphatic rings. The van der Waals surface area contributed by atoms with Gasteiger partial charge in [-0.05, 0) is 30.0 Å². The van der Waals surface area contributed by atoms with Gasteiger partial charge >= 0.3 is 0 Å². The van der Waals surface area contributed by atoms with E-state index in [1.54, 1.807) is 12.1 Å². The van der Waals surface area contributed by atoms with Crippen LogP contribution in [0.15, 0.2) is 23.1 Å². The highest BCUT2D eigenvalue weighted by molar-refractivity contribution is 7.89. The van der Waals surface area contributed by atoms with Gasteiger partial charge in [0.15, 0.2) is 0 Å². The van der Waals surface area contributed by atoms with Crippen LogP contribution in [0.1, 0.15) is 25.0 Å². The number of rotatable bonds is 3. The Hall–Kier alpha value is -0.870. The fourth-order valence-electron chi connectivity index (χ4n) is 1.61. The molecule has 0 heterocycles. The lowest BCUT2D eigenvalue weighted by Crippen LogP contribution is -2.15. The summed E-state index contributed by atoms with van der Waals surface area (Å²) in [7, 11) is -3.58. The molecule has 0 saturated heterocycles. The maximum atomic E-state index is 11.3. The van der Waals surface area contributed by atoms with Crippen LogP contribution in [0.3, 0.4) is 0 Å². The highest BCUT2D eigenvalue weighted by atomic mass is 32.2. The minimum atomic E-state index is -3.58. The summed E-state index contributed by atoms with van der Waals surface area (Å²) in [6.07, 6.45) is 1.52. The summed E-state index contributed by atoms with van der Waals surface area (Å²) in [6.45, 7) is 3.94. The van der Waals surface area contributed by atoms with Crippen molar-refractivity contribution >= 4 is 10.0 Å². The molecule has 2 N–H and O–H groups in total. The Bertz CT molecular complexity index is 424. The average molecular weight is 213 g/mol. The summed E-state index contributed by atoms with van der Waals surface area (Å²) in [5.41, 5.74) is 1.90. The van der Waals surface area contributed by atoms with Crippen molar-refractivity contribution in [1.29, 1.82) is 0 Å². The number of nitrogens with two attached hydrogens (primary N) is 1. The van der Waals surface area contributed by atoms with Gasteiger partial charge in [0.25, 0.3) is 0 Å². The van der Waals surface area contributed by atoms with Crippen molar-refractivity contribution in [2.75, 3.05) is 0 Å². The predicted octanol–water partition coefficient (Wildman–Crippen LogP) is 1.46. The highest BCUT2D eigenvalue weighted by Gasteiger charge is 2.14. The highest BCUT2D eigenvalue weighted by Crippen LogP contribution is 2.19. The van der Waals surface area contributed by atoms with Crippen LogP contribution in [0.25, 0.3) is 0 Å². The molecule has 1 aromatic rings. The van der Waals surface area contributed by atoms with Gasteiger partial charge in [-0.1, -0.05) is 26.0 Å². The first-order valence-corrected chi connectivity index (χ1v) is 6.18. The van der Waals surface area contributed by atoms with E-state index in [9.17, 15) is 8.42 Å². The average Bonchev–Trinajstić information content (AvgIpc) is 2.15. The van der Waals surface area contributed by atoms with Gasteiger partial charge in [-0.3, -0.25) is 0 Å². The molecule has 0 fully saturated rings. The van der Waals surface area contributed by atoms with Crippen molar-refractivity contribution < 1.29 is 8.42 Å². The maximum Gasteiger partial charge on any atom is 0.238 e. The molecule has 14 heavy (non-hydrogen) atoms. The zero-order chi connectivity index (χ0) is 10.8. The van der Waals surface area contributed by atoms with Crippen LogP contribution >= 0.6 is 0 Å². The Labute approximate surface area is 85.0 Å². The molecule has 3 nitrogen and oxygen atoms in total. The molecule has 0 aliphatic carbocycles. The summed E-state index contributed by atoms with van der Waals surface area (Å²) >= 11 is 0. The fraction of sp³-hybridized carbons (Fsp3) is 0.400. The van der Waals surface area contributed by atoms with Crippen molar-refractivity contribution in [1.82, 2.24) is 0 Å². The van der Waals surface area contributed by atoms with Gasteiger partial charge < -0.3 is 0 Å². The molecule has 0 unspecified atom stereocenters. The van der Waals surface area contributed by atoms with E-state index >= 15 is 0 Å². The van der Waals surface area contributed by atoms with E-state index in [1.807, 2.05) is 19.9 Å². The van der Waals surface area contributed by atoms with E-state index in [2.05, 4.69) is 0 Å². The molecule has 0 radical (unpaired) electrons. The number of hydrogen-bond acceptors (Lipinski definition) is 2. The van der Waals surface area contributed by atoms with Crippen molar-refractivity contribution in [2.24, 2.45) is 5.14 Å². The quantitative estimate of drug-likeness (QED) is 0.826. The molecule has 0 aromatic heterocycles. The van der Waals surface area contributed by atoms with E-state index < -0.39 is 10.0 Å². The summed E-state index contributed by atoms with van der Waals surface area (Å²) < 4.78 is 22.5. The van der Waals surface area contributed by atoms with Gasteiger partial charge in [0.05, 0.1) is 4.90 Å². The van der Waals surface area contributed by atoms with Crippen molar-refractivity contribution in [3.8, 4) is 0 Å². The van der Waals surface area contributed by atoms with Crippen molar-refractivity contribution in [3.63, 3.8) is 0 Å². The Morgan fingerprint density at radius 1 is 1.21 bits per heavy atom. The molecule has 0 atom stereocenters. The van der Waals surface area contributed by atoms with Crippen LogP contribution in [0.5, 0.6) is 0 Å². The maximum absolute atomic E-state index is 11.3. The third-order valence-electron chi connectivity index (χ3n) is 2.27. The Balaban J connectivity index is 3.45. The Morgan fingerprint density at radius 2 is 1.86 bits per heavy atom. The van der Waals surface area contributed by atoms with Crippen molar-refractivity contribution in [3.05, 3.63) is 29.3 Å². The van der Waals surface area contributed by atoms with Crippen LogP contribution in [-0.4, -0.2) is 8.42 Å². The molecule has 0 saturated carbocycles. The SMILES string of the molecule is CCc1cccc(S(N)(=O)=O)c1CC. The van der Waals surface area contributed by atoms with Crippen molar-refractivity contribution in [2.45, 2.75) is 31.6 Å². The van der Waals surface area contributed by atoms with Crippen LogP contribution in [0, 0.1) is 0 Å². The Morgan fingerprint density at radius 3 is 2.29 bits per heavy atom. The molecule has 0 amide bonds. The van der Waals surface area contributed by atoms with Crippen LogP contribution < -0.4 is 5.14 Å². The second-order valence-electron chi connectivity index (χ2n) is 3.15. The van der Waals surface area contributed by atoms with E-state index in [0.29, 0.717) is 6.42 Å². The van der Waals surface area contributed by atoms with E-state index in [4.69, 9.17) is 5.14 Å². The number of aryl methyl sites for hydroxylation is 1. The van der Waals surface area contributed by atoms with Gasteiger partial charge in [-0.25, -0.2) is 13.6 Å². The third-order valence-corrected chi connectivity index (χ3v) is 3.27. The van der Waals surface area contributed by atoms with Gasteiger partial charge in [-0.2, -0.15) is 0 Å². The lowest BCUT2D eigenvalue weighted by Gasteiger charge is -2.10. The minimum Gasteiger partial charge on any atom is -0.225 e. The molecular formula is C10H15NO2S. The third kappa shape index (κ3) is 2.13. The molecule has 1 aromatic carbocycles. The van der Waals surface area contributed by atoms with Gasteiger partial charge in [0.2, 0.25) is 10.0 Å². The number of sulfonamides is 1. The second kappa shape index (κ2) is 4.11. The smallest absolute Gasteiger partial charge is 0.225 e. The van der Waals surface area contributed by atoms with Crippen LogP contribution in [0.4, 0.5) is 0 Å². The molecule has 0 aliphatic heterocycles. The number of hydrogen-bond donors (Lipinski definition) is 1. The van der Waals surface area contributed by atoms with E-state index in [-0.39, 0.29) is 4.90 Å². The van der Waals surface area contributed by atoms with E-state index in [1.165, 1.54) is 0 Å². The molecule has 0 bridgehead atoms.